The van der Waals surface area contributed by atoms with Crippen LogP contribution in [0.4, 0.5) is 0 Å². The standard InChI is InChI=1S/C20H32O4/c21-19(22)15-9-10-16-20(23)24-17-11-4-2-1-3-6-12-18-13-7-5-8-14-18/h2-4,6,18H,1,5,7-17H2,(H,21,22)/b4-2-,6-3-. The van der Waals surface area contributed by atoms with Crippen molar-refractivity contribution in [2.45, 2.75) is 77.0 Å². The van der Waals surface area contributed by atoms with Crippen LogP contribution in [0.3, 0.4) is 0 Å². The van der Waals surface area contributed by atoms with E-state index in [4.69, 9.17) is 9.84 Å². The zero-order chi connectivity index (χ0) is 17.5. The van der Waals surface area contributed by atoms with Crippen LogP contribution in [-0.2, 0) is 14.3 Å². The van der Waals surface area contributed by atoms with Crippen molar-refractivity contribution in [2.24, 2.45) is 5.92 Å². The molecule has 0 aliphatic heterocycles. The zero-order valence-corrected chi connectivity index (χ0v) is 14.8. The first-order valence-corrected chi connectivity index (χ1v) is 9.36. The third-order valence-electron chi connectivity index (χ3n) is 4.37. The predicted molar refractivity (Wildman–Crippen MR) is 95.8 cm³/mol. The van der Waals surface area contributed by atoms with Crippen LogP contribution in [0.1, 0.15) is 77.0 Å². The highest BCUT2D eigenvalue weighted by Gasteiger charge is 2.10. The molecular formula is C20H32O4. The van der Waals surface area contributed by atoms with Crippen molar-refractivity contribution in [2.75, 3.05) is 6.61 Å². The second-order valence-electron chi connectivity index (χ2n) is 6.53. The molecule has 1 aliphatic rings. The number of carbonyl (C=O) groups excluding carboxylic acids is 1. The van der Waals surface area contributed by atoms with E-state index in [1.165, 1.54) is 38.5 Å². The number of unbranched alkanes of at least 4 members (excludes halogenated alkanes) is 1. The van der Waals surface area contributed by atoms with E-state index in [1.807, 2.05) is 6.08 Å². The Bertz CT molecular complexity index is 406. The van der Waals surface area contributed by atoms with Gasteiger partial charge in [-0.25, -0.2) is 0 Å². The fourth-order valence-corrected chi connectivity index (χ4v) is 2.96. The quantitative estimate of drug-likeness (QED) is 0.308. The van der Waals surface area contributed by atoms with Gasteiger partial charge in [-0.15, -0.1) is 0 Å². The van der Waals surface area contributed by atoms with Crippen molar-refractivity contribution in [1.29, 1.82) is 0 Å². The first kappa shape index (κ1) is 20.5. The Balaban J connectivity index is 1.91. The van der Waals surface area contributed by atoms with E-state index in [9.17, 15) is 9.59 Å². The van der Waals surface area contributed by atoms with Gasteiger partial charge in [0.1, 0.15) is 0 Å². The molecule has 1 fully saturated rings. The highest BCUT2D eigenvalue weighted by Crippen LogP contribution is 2.26. The fraction of sp³-hybridized carbons (Fsp3) is 0.700. The highest BCUT2D eigenvalue weighted by molar-refractivity contribution is 5.69. The third kappa shape index (κ3) is 11.9. The summed E-state index contributed by atoms with van der Waals surface area (Å²) in [5.41, 5.74) is 0. The molecule has 24 heavy (non-hydrogen) atoms. The maximum Gasteiger partial charge on any atom is 0.305 e. The minimum atomic E-state index is -0.818. The molecule has 0 unspecified atom stereocenters. The summed E-state index contributed by atoms with van der Waals surface area (Å²) in [5, 5.41) is 8.49. The normalized spacial score (nSPS) is 16.0. The zero-order valence-electron chi connectivity index (χ0n) is 14.8. The lowest BCUT2D eigenvalue weighted by molar-refractivity contribution is -0.144. The molecule has 136 valence electrons. The summed E-state index contributed by atoms with van der Waals surface area (Å²) in [4.78, 5) is 21.7. The molecule has 1 N–H and O–H groups in total. The number of carbonyl (C=O) groups is 2. The monoisotopic (exact) mass is 336 g/mol. The fourth-order valence-electron chi connectivity index (χ4n) is 2.96. The summed E-state index contributed by atoms with van der Waals surface area (Å²) in [5.74, 6) is -0.156. The van der Waals surface area contributed by atoms with Gasteiger partial charge in [0.25, 0.3) is 0 Å². The molecule has 0 bridgehead atoms. The van der Waals surface area contributed by atoms with Crippen LogP contribution in [-0.4, -0.2) is 23.7 Å². The Labute approximate surface area is 146 Å². The Kier molecular flexibility index (Phi) is 11.8. The Morgan fingerprint density at radius 3 is 2.42 bits per heavy atom. The van der Waals surface area contributed by atoms with Gasteiger partial charge in [0, 0.05) is 12.8 Å². The number of hydrogen-bond donors (Lipinski definition) is 1. The lowest BCUT2D eigenvalue weighted by atomic mass is 9.87. The summed E-state index contributed by atoms with van der Waals surface area (Å²) < 4.78 is 5.10. The van der Waals surface area contributed by atoms with Crippen LogP contribution in [0.5, 0.6) is 0 Å². The first-order chi connectivity index (χ1) is 11.7. The Hall–Kier alpha value is -1.58. The highest BCUT2D eigenvalue weighted by atomic mass is 16.5. The van der Waals surface area contributed by atoms with Gasteiger partial charge in [-0.2, -0.15) is 0 Å². The van der Waals surface area contributed by atoms with Gasteiger partial charge in [0.2, 0.25) is 0 Å². The summed E-state index contributed by atoms with van der Waals surface area (Å²) in [6, 6.07) is 0. The third-order valence-corrected chi connectivity index (χ3v) is 4.37. The summed E-state index contributed by atoms with van der Waals surface area (Å²) in [6.45, 7) is 0.403. The van der Waals surface area contributed by atoms with Gasteiger partial charge in [0.15, 0.2) is 0 Å². The van der Waals surface area contributed by atoms with Crippen LogP contribution in [0, 0.1) is 5.92 Å². The number of hydrogen-bond acceptors (Lipinski definition) is 3. The van der Waals surface area contributed by atoms with Crippen molar-refractivity contribution < 1.29 is 19.4 Å². The molecular weight excluding hydrogens is 304 g/mol. The van der Waals surface area contributed by atoms with Crippen LogP contribution >= 0.6 is 0 Å². The number of rotatable bonds is 12. The SMILES string of the molecule is O=C(O)CCCCC(=O)OCC/C=C\C/C=C\CC1CCCCC1. The number of ether oxygens (including phenoxy) is 1. The molecule has 0 heterocycles. The van der Waals surface area contributed by atoms with Crippen molar-refractivity contribution >= 4 is 11.9 Å². The number of aliphatic carboxylic acids is 1. The van der Waals surface area contributed by atoms with Crippen LogP contribution < -0.4 is 0 Å². The van der Waals surface area contributed by atoms with E-state index in [2.05, 4.69) is 18.2 Å². The average Bonchev–Trinajstić information content (AvgIpc) is 2.58. The van der Waals surface area contributed by atoms with Crippen LogP contribution in [0.15, 0.2) is 24.3 Å². The number of carboxylic acid groups (broad SMARTS) is 1. The average molecular weight is 336 g/mol. The molecule has 0 aromatic rings. The van der Waals surface area contributed by atoms with Gasteiger partial charge in [-0.3, -0.25) is 9.59 Å². The van der Waals surface area contributed by atoms with Crippen molar-refractivity contribution in [3.63, 3.8) is 0 Å². The van der Waals surface area contributed by atoms with E-state index in [0.717, 1.165) is 18.8 Å². The summed E-state index contributed by atoms with van der Waals surface area (Å²) >= 11 is 0. The lowest BCUT2D eigenvalue weighted by Gasteiger charge is -2.19. The van der Waals surface area contributed by atoms with Gasteiger partial charge >= 0.3 is 11.9 Å². The van der Waals surface area contributed by atoms with E-state index in [-0.39, 0.29) is 12.4 Å². The first-order valence-electron chi connectivity index (χ1n) is 9.36. The van der Waals surface area contributed by atoms with Gasteiger partial charge < -0.3 is 9.84 Å². The predicted octanol–water partition coefficient (Wildman–Crippen LogP) is 5.04. The maximum atomic E-state index is 11.4. The largest absolute Gasteiger partial charge is 0.481 e. The van der Waals surface area contributed by atoms with E-state index >= 15 is 0 Å². The van der Waals surface area contributed by atoms with Crippen molar-refractivity contribution in [1.82, 2.24) is 0 Å². The van der Waals surface area contributed by atoms with E-state index < -0.39 is 5.97 Å². The van der Waals surface area contributed by atoms with Crippen molar-refractivity contribution in [3.8, 4) is 0 Å². The molecule has 4 nitrogen and oxygen atoms in total. The molecule has 1 saturated carbocycles. The molecule has 0 spiro atoms. The molecule has 0 amide bonds. The summed E-state index contributed by atoms with van der Waals surface area (Å²) in [6.07, 6.45) is 20.1. The molecule has 0 aromatic heterocycles. The minimum Gasteiger partial charge on any atom is -0.481 e. The van der Waals surface area contributed by atoms with Crippen LogP contribution in [0.2, 0.25) is 0 Å². The summed E-state index contributed by atoms with van der Waals surface area (Å²) in [7, 11) is 0. The van der Waals surface area contributed by atoms with Gasteiger partial charge in [-0.1, -0.05) is 56.4 Å². The Morgan fingerprint density at radius 1 is 0.958 bits per heavy atom. The number of esters is 1. The molecule has 1 rings (SSSR count). The molecule has 0 radical (unpaired) electrons. The van der Waals surface area contributed by atoms with Gasteiger partial charge in [0.05, 0.1) is 6.61 Å². The van der Waals surface area contributed by atoms with Gasteiger partial charge in [-0.05, 0) is 38.0 Å². The lowest BCUT2D eigenvalue weighted by Crippen LogP contribution is -2.05. The second kappa shape index (κ2) is 13.8. The van der Waals surface area contributed by atoms with Crippen LogP contribution in [0.25, 0.3) is 0 Å². The molecule has 4 heteroatoms. The number of carboxylic acids is 1. The van der Waals surface area contributed by atoms with E-state index in [1.54, 1.807) is 0 Å². The minimum absolute atomic E-state index is 0.115. The molecule has 0 aromatic carbocycles. The van der Waals surface area contributed by atoms with Crippen molar-refractivity contribution in [3.05, 3.63) is 24.3 Å². The maximum absolute atomic E-state index is 11.4. The second-order valence-corrected chi connectivity index (χ2v) is 6.53. The molecule has 0 atom stereocenters. The topological polar surface area (TPSA) is 63.6 Å². The Morgan fingerprint density at radius 2 is 1.67 bits per heavy atom. The number of allylic oxidation sites excluding steroid dienone is 3. The molecule has 1 aliphatic carbocycles. The van der Waals surface area contributed by atoms with E-state index in [0.29, 0.717) is 25.9 Å². The smallest absolute Gasteiger partial charge is 0.305 e. The molecule has 0 saturated heterocycles.